The van der Waals surface area contributed by atoms with E-state index in [0.717, 1.165) is 11.5 Å². The van der Waals surface area contributed by atoms with Crippen LogP contribution in [0.2, 0.25) is 0 Å². The quantitative estimate of drug-likeness (QED) is 0.476. The third-order valence-corrected chi connectivity index (χ3v) is 6.01. The molecule has 1 aliphatic rings. The maximum absolute atomic E-state index is 5.01. The summed E-state index contributed by atoms with van der Waals surface area (Å²) in [6.45, 7) is 4.28. The van der Waals surface area contributed by atoms with Crippen LogP contribution in [0.5, 0.6) is 0 Å². The summed E-state index contributed by atoms with van der Waals surface area (Å²) in [5, 5.41) is 0. The Morgan fingerprint density at radius 3 is 1.86 bits per heavy atom. The highest BCUT2D eigenvalue weighted by Crippen LogP contribution is 2.49. The third-order valence-electron chi connectivity index (χ3n) is 6.01. The van der Waals surface area contributed by atoms with Crippen LogP contribution in [0.3, 0.4) is 0 Å². The summed E-state index contributed by atoms with van der Waals surface area (Å²) in [6.07, 6.45) is 0. The van der Waals surface area contributed by atoms with Crippen molar-refractivity contribution in [1.82, 2.24) is 9.55 Å². The van der Waals surface area contributed by atoms with Gasteiger partial charge in [-0.1, -0.05) is 72.8 Å². The number of aromatic nitrogens is 2. The number of aryl methyl sites for hydroxylation is 1. The van der Waals surface area contributed by atoms with Gasteiger partial charge in [-0.2, -0.15) is 0 Å². The van der Waals surface area contributed by atoms with Crippen molar-refractivity contribution in [3.63, 3.8) is 0 Å². The van der Waals surface area contributed by atoms with Crippen LogP contribution in [0.4, 0.5) is 5.69 Å². The summed E-state index contributed by atoms with van der Waals surface area (Å²) in [4.78, 5) is 7.41. The van der Waals surface area contributed by atoms with Gasteiger partial charge in [0, 0.05) is 35.1 Å². The van der Waals surface area contributed by atoms with Gasteiger partial charge in [0.15, 0.2) is 5.66 Å². The second-order valence-electron chi connectivity index (χ2n) is 7.42. The molecular formula is C25H23N3. The maximum atomic E-state index is 5.01. The molecule has 3 heteroatoms. The lowest BCUT2D eigenvalue weighted by Crippen LogP contribution is -2.53. The van der Waals surface area contributed by atoms with Gasteiger partial charge in [0.05, 0.1) is 5.69 Å². The van der Waals surface area contributed by atoms with Gasteiger partial charge >= 0.3 is 0 Å². The normalized spacial score (nSPS) is 14.5. The van der Waals surface area contributed by atoms with Crippen LogP contribution in [0.15, 0.2) is 84.9 Å². The standard InChI is InChI=1S/C25H23N3/c1-18-19(2)28-24(26-18)22-16-10-11-17-23(22)27(3)25(28,20-12-6-4-7-13-20)21-14-8-5-9-15-21/h4-17H,1-3H3. The van der Waals surface area contributed by atoms with Gasteiger partial charge in [-0.05, 0) is 26.0 Å². The van der Waals surface area contributed by atoms with Crippen LogP contribution < -0.4 is 4.90 Å². The summed E-state index contributed by atoms with van der Waals surface area (Å²) in [5.41, 5.74) is 6.55. The highest BCUT2D eigenvalue weighted by molar-refractivity contribution is 5.80. The molecule has 0 aliphatic carbocycles. The van der Waals surface area contributed by atoms with Crippen LogP contribution in [0.1, 0.15) is 22.5 Å². The average Bonchev–Trinajstić information content (AvgIpc) is 3.05. The minimum Gasteiger partial charge on any atom is -0.343 e. The Labute approximate surface area is 165 Å². The fourth-order valence-corrected chi connectivity index (χ4v) is 4.62. The number of rotatable bonds is 2. The molecule has 2 heterocycles. The molecule has 0 radical (unpaired) electrons. The Hall–Kier alpha value is -3.33. The fraction of sp³-hybridized carbons (Fsp3) is 0.160. The first-order valence-electron chi connectivity index (χ1n) is 9.66. The van der Waals surface area contributed by atoms with Crippen molar-refractivity contribution in [3.8, 4) is 11.4 Å². The third kappa shape index (κ3) is 2.07. The number of hydrogen-bond donors (Lipinski definition) is 0. The Bertz CT molecular complexity index is 1100. The minimum atomic E-state index is -0.502. The maximum Gasteiger partial charge on any atom is 0.171 e. The lowest BCUT2D eigenvalue weighted by atomic mass is 9.85. The van der Waals surface area contributed by atoms with Gasteiger partial charge in [-0.25, -0.2) is 4.98 Å². The number of nitrogens with zero attached hydrogens (tertiary/aromatic N) is 3. The molecule has 5 rings (SSSR count). The molecule has 3 nitrogen and oxygen atoms in total. The first-order chi connectivity index (χ1) is 13.7. The van der Waals surface area contributed by atoms with E-state index in [9.17, 15) is 0 Å². The minimum absolute atomic E-state index is 0.502. The highest BCUT2D eigenvalue weighted by Gasteiger charge is 2.47. The van der Waals surface area contributed by atoms with Gasteiger partial charge in [-0.15, -0.1) is 0 Å². The summed E-state index contributed by atoms with van der Waals surface area (Å²) in [6, 6.07) is 30.1. The van der Waals surface area contributed by atoms with Crippen molar-refractivity contribution < 1.29 is 0 Å². The van der Waals surface area contributed by atoms with E-state index in [2.05, 4.69) is 115 Å². The van der Waals surface area contributed by atoms with Gasteiger partial charge in [0.1, 0.15) is 5.82 Å². The van der Waals surface area contributed by atoms with Gasteiger partial charge in [0.25, 0.3) is 0 Å². The largest absolute Gasteiger partial charge is 0.343 e. The monoisotopic (exact) mass is 365 g/mol. The van der Waals surface area contributed by atoms with Crippen molar-refractivity contribution in [1.29, 1.82) is 0 Å². The topological polar surface area (TPSA) is 21.1 Å². The number of imidazole rings is 1. The van der Waals surface area contributed by atoms with Crippen molar-refractivity contribution in [2.75, 3.05) is 11.9 Å². The van der Waals surface area contributed by atoms with Crippen molar-refractivity contribution in [3.05, 3.63) is 107 Å². The van der Waals surface area contributed by atoms with Crippen LogP contribution >= 0.6 is 0 Å². The molecule has 0 spiro atoms. The molecule has 0 saturated carbocycles. The summed E-state index contributed by atoms with van der Waals surface area (Å²) in [7, 11) is 2.19. The Balaban J connectivity index is 1.98. The second kappa shape index (κ2) is 6.10. The smallest absolute Gasteiger partial charge is 0.171 e. The van der Waals surface area contributed by atoms with Crippen molar-refractivity contribution >= 4 is 5.69 Å². The Morgan fingerprint density at radius 1 is 0.714 bits per heavy atom. The number of hydrogen-bond acceptors (Lipinski definition) is 2. The molecule has 0 saturated heterocycles. The summed E-state index contributed by atoms with van der Waals surface area (Å²) < 4.78 is 2.41. The molecule has 0 atom stereocenters. The Morgan fingerprint density at radius 2 is 1.25 bits per heavy atom. The zero-order chi connectivity index (χ0) is 19.3. The molecule has 1 aliphatic heterocycles. The van der Waals surface area contributed by atoms with Gasteiger partial charge in [-0.3, -0.25) is 4.57 Å². The van der Waals surface area contributed by atoms with E-state index in [1.54, 1.807) is 0 Å². The molecule has 0 bridgehead atoms. The van der Waals surface area contributed by atoms with E-state index in [4.69, 9.17) is 4.98 Å². The zero-order valence-corrected chi connectivity index (χ0v) is 16.4. The van der Waals surface area contributed by atoms with E-state index < -0.39 is 5.66 Å². The van der Waals surface area contributed by atoms with Crippen LogP contribution in [-0.2, 0) is 5.66 Å². The molecule has 0 amide bonds. The van der Waals surface area contributed by atoms with E-state index in [0.29, 0.717) is 0 Å². The summed E-state index contributed by atoms with van der Waals surface area (Å²) in [5.74, 6) is 1.02. The molecule has 0 unspecified atom stereocenters. The average molecular weight is 365 g/mol. The van der Waals surface area contributed by atoms with E-state index in [1.807, 2.05) is 0 Å². The van der Waals surface area contributed by atoms with Crippen molar-refractivity contribution in [2.24, 2.45) is 0 Å². The molecule has 0 fully saturated rings. The molecule has 3 aromatic carbocycles. The first kappa shape index (κ1) is 16.8. The van der Waals surface area contributed by atoms with Crippen molar-refractivity contribution in [2.45, 2.75) is 19.5 Å². The predicted octanol–water partition coefficient (Wildman–Crippen LogP) is 5.37. The molecular weight excluding hydrogens is 342 g/mol. The number of fused-ring (bicyclic) bond motifs is 3. The van der Waals surface area contributed by atoms with Crippen LogP contribution in [-0.4, -0.2) is 16.6 Å². The highest BCUT2D eigenvalue weighted by atomic mass is 15.4. The molecule has 0 N–H and O–H groups in total. The Kier molecular flexibility index (Phi) is 3.66. The molecule has 4 aromatic rings. The van der Waals surface area contributed by atoms with E-state index in [1.165, 1.54) is 28.1 Å². The number of benzene rings is 3. The summed E-state index contributed by atoms with van der Waals surface area (Å²) >= 11 is 0. The number of para-hydroxylation sites is 1. The fourth-order valence-electron chi connectivity index (χ4n) is 4.62. The predicted molar refractivity (Wildman–Crippen MR) is 115 cm³/mol. The molecule has 1 aromatic heterocycles. The first-order valence-corrected chi connectivity index (χ1v) is 9.66. The second-order valence-corrected chi connectivity index (χ2v) is 7.42. The lowest BCUT2D eigenvalue weighted by Gasteiger charge is -2.49. The molecule has 28 heavy (non-hydrogen) atoms. The van der Waals surface area contributed by atoms with Gasteiger partial charge < -0.3 is 4.90 Å². The number of anilines is 1. The molecule has 138 valence electrons. The van der Waals surface area contributed by atoms with Gasteiger partial charge in [0.2, 0.25) is 0 Å². The van der Waals surface area contributed by atoms with E-state index >= 15 is 0 Å². The lowest BCUT2D eigenvalue weighted by molar-refractivity contribution is 0.411. The van der Waals surface area contributed by atoms with Crippen LogP contribution in [0, 0.1) is 13.8 Å². The van der Waals surface area contributed by atoms with Crippen LogP contribution in [0.25, 0.3) is 11.4 Å². The SMILES string of the molecule is Cc1nc2n(c1C)C(c1ccccc1)(c1ccccc1)N(C)c1ccccc1-2. The zero-order valence-electron chi connectivity index (χ0n) is 16.4. The van der Waals surface area contributed by atoms with E-state index in [-0.39, 0.29) is 0 Å².